The minimum Gasteiger partial charge on any atom is -0.396 e. The van der Waals surface area contributed by atoms with E-state index < -0.39 is 0 Å². The topological polar surface area (TPSA) is 20.2 Å². The Morgan fingerprint density at radius 1 is 1.05 bits per heavy atom. The van der Waals surface area contributed by atoms with Gasteiger partial charge in [-0.2, -0.15) is 0 Å². The van der Waals surface area contributed by atoms with Gasteiger partial charge < -0.3 is 5.11 Å². The Hall–Kier alpha value is -1.67. The van der Waals surface area contributed by atoms with E-state index in [9.17, 15) is 4.39 Å². The fourth-order valence-electron chi connectivity index (χ4n) is 3.23. The summed E-state index contributed by atoms with van der Waals surface area (Å²) in [5, 5.41) is 9.09. The number of aliphatic hydroxyl groups excluding tert-OH is 1. The first-order chi connectivity index (χ1) is 9.78. The zero-order chi connectivity index (χ0) is 13.9. The van der Waals surface area contributed by atoms with Crippen molar-refractivity contribution in [2.24, 2.45) is 0 Å². The molecule has 0 saturated heterocycles. The lowest BCUT2D eigenvalue weighted by Crippen LogP contribution is -2.05. The Bertz CT molecular complexity index is 606. The van der Waals surface area contributed by atoms with E-state index in [0.29, 0.717) is 5.92 Å². The Morgan fingerprint density at radius 2 is 1.90 bits per heavy atom. The van der Waals surface area contributed by atoms with Crippen LogP contribution in [0, 0.1) is 5.82 Å². The second-order valence-corrected chi connectivity index (χ2v) is 5.56. The van der Waals surface area contributed by atoms with Gasteiger partial charge in [0.15, 0.2) is 0 Å². The second-order valence-electron chi connectivity index (χ2n) is 5.56. The van der Waals surface area contributed by atoms with Crippen molar-refractivity contribution < 1.29 is 9.50 Å². The van der Waals surface area contributed by atoms with Crippen LogP contribution in [0.2, 0.25) is 0 Å². The third-order valence-corrected chi connectivity index (χ3v) is 4.22. The molecular weight excluding hydrogens is 251 g/mol. The van der Waals surface area contributed by atoms with Gasteiger partial charge in [0.2, 0.25) is 0 Å². The highest BCUT2D eigenvalue weighted by Gasteiger charge is 2.21. The van der Waals surface area contributed by atoms with Crippen molar-refractivity contribution in [2.45, 2.75) is 31.6 Å². The Labute approximate surface area is 119 Å². The van der Waals surface area contributed by atoms with Crippen molar-refractivity contribution in [2.75, 3.05) is 6.61 Å². The van der Waals surface area contributed by atoms with E-state index in [0.717, 1.165) is 31.2 Å². The molecule has 1 atom stereocenters. The quantitative estimate of drug-likeness (QED) is 0.898. The normalized spacial score (nSPS) is 17.2. The third-order valence-electron chi connectivity index (χ3n) is 4.22. The summed E-state index contributed by atoms with van der Waals surface area (Å²) in [6, 6.07) is 13.6. The molecule has 1 aliphatic carbocycles. The van der Waals surface area contributed by atoms with Gasteiger partial charge in [0.05, 0.1) is 0 Å². The van der Waals surface area contributed by atoms with Gasteiger partial charge in [-0.15, -0.1) is 0 Å². The van der Waals surface area contributed by atoms with Gasteiger partial charge in [-0.25, -0.2) is 4.39 Å². The van der Waals surface area contributed by atoms with Gasteiger partial charge in [0.1, 0.15) is 5.82 Å². The summed E-state index contributed by atoms with van der Waals surface area (Å²) < 4.78 is 13.5. The van der Waals surface area contributed by atoms with E-state index in [2.05, 4.69) is 24.3 Å². The smallest absolute Gasteiger partial charge is 0.123 e. The molecule has 1 nitrogen and oxygen atoms in total. The molecule has 104 valence electrons. The maximum Gasteiger partial charge on any atom is 0.123 e. The van der Waals surface area contributed by atoms with Gasteiger partial charge >= 0.3 is 0 Å². The number of hydrogen-bond acceptors (Lipinski definition) is 1. The molecule has 0 aromatic heterocycles. The van der Waals surface area contributed by atoms with Crippen LogP contribution in [-0.4, -0.2) is 11.7 Å². The summed E-state index contributed by atoms with van der Waals surface area (Å²) in [7, 11) is 0. The van der Waals surface area contributed by atoms with E-state index in [4.69, 9.17) is 5.11 Å². The number of benzene rings is 2. The molecule has 0 fully saturated rings. The summed E-state index contributed by atoms with van der Waals surface area (Å²) >= 11 is 0. The van der Waals surface area contributed by atoms with Crippen molar-refractivity contribution >= 4 is 0 Å². The molecule has 1 N–H and O–H groups in total. The molecule has 2 aromatic rings. The lowest BCUT2D eigenvalue weighted by Gasteiger charge is -2.17. The summed E-state index contributed by atoms with van der Waals surface area (Å²) in [6.07, 6.45) is 3.48. The van der Waals surface area contributed by atoms with Gasteiger partial charge in [-0.3, -0.25) is 0 Å². The highest BCUT2D eigenvalue weighted by molar-refractivity contribution is 5.42. The molecule has 0 amide bonds. The molecule has 0 saturated carbocycles. The van der Waals surface area contributed by atoms with E-state index in [1.165, 1.54) is 16.7 Å². The van der Waals surface area contributed by atoms with Gasteiger partial charge in [-0.05, 0) is 66.0 Å². The predicted molar refractivity (Wildman–Crippen MR) is 78.4 cm³/mol. The minimum atomic E-state index is -0.157. The summed E-state index contributed by atoms with van der Waals surface area (Å²) in [6.45, 7) is 0.217. The molecule has 1 aliphatic rings. The van der Waals surface area contributed by atoms with Crippen LogP contribution in [0.15, 0.2) is 42.5 Å². The molecule has 2 aromatic carbocycles. The van der Waals surface area contributed by atoms with Crippen LogP contribution in [0.25, 0.3) is 0 Å². The molecule has 3 rings (SSSR count). The highest BCUT2D eigenvalue weighted by Crippen LogP contribution is 2.34. The van der Waals surface area contributed by atoms with Crippen molar-refractivity contribution in [1.29, 1.82) is 0 Å². The van der Waals surface area contributed by atoms with Crippen molar-refractivity contribution in [1.82, 2.24) is 0 Å². The fourth-order valence-corrected chi connectivity index (χ4v) is 3.23. The van der Waals surface area contributed by atoms with Crippen LogP contribution in [-0.2, 0) is 12.8 Å². The SMILES string of the molecule is OCCC[C@H]1Cc2cc(F)ccc2Cc2ccccc21. The molecule has 0 spiro atoms. The van der Waals surface area contributed by atoms with Gasteiger partial charge in [0, 0.05) is 6.61 Å². The van der Waals surface area contributed by atoms with E-state index in [-0.39, 0.29) is 12.4 Å². The first-order valence-corrected chi connectivity index (χ1v) is 7.24. The zero-order valence-corrected chi connectivity index (χ0v) is 11.5. The van der Waals surface area contributed by atoms with Crippen molar-refractivity contribution in [3.8, 4) is 0 Å². The van der Waals surface area contributed by atoms with E-state index >= 15 is 0 Å². The Balaban J connectivity index is 2.02. The number of aliphatic hydroxyl groups is 1. The lowest BCUT2D eigenvalue weighted by atomic mass is 9.88. The van der Waals surface area contributed by atoms with Crippen LogP contribution in [0.4, 0.5) is 4.39 Å². The molecular formula is C18H19FO. The van der Waals surface area contributed by atoms with Crippen LogP contribution < -0.4 is 0 Å². The number of fused-ring (bicyclic) bond motifs is 2. The molecule has 20 heavy (non-hydrogen) atoms. The predicted octanol–water partition coefficient (Wildman–Crippen LogP) is 3.83. The zero-order valence-electron chi connectivity index (χ0n) is 11.5. The molecule has 0 bridgehead atoms. The number of hydrogen-bond donors (Lipinski definition) is 1. The van der Waals surface area contributed by atoms with Crippen LogP contribution in [0.1, 0.15) is 41.0 Å². The second kappa shape index (κ2) is 5.76. The Morgan fingerprint density at radius 3 is 2.75 bits per heavy atom. The van der Waals surface area contributed by atoms with Crippen molar-refractivity contribution in [3.05, 3.63) is 70.5 Å². The average molecular weight is 270 g/mol. The molecule has 0 unspecified atom stereocenters. The van der Waals surface area contributed by atoms with Crippen LogP contribution in [0.5, 0.6) is 0 Å². The van der Waals surface area contributed by atoms with E-state index in [1.54, 1.807) is 12.1 Å². The summed E-state index contributed by atoms with van der Waals surface area (Å²) in [4.78, 5) is 0. The molecule has 0 aliphatic heterocycles. The largest absolute Gasteiger partial charge is 0.396 e. The summed E-state index contributed by atoms with van der Waals surface area (Å²) in [5.74, 6) is 0.219. The van der Waals surface area contributed by atoms with Crippen LogP contribution in [0.3, 0.4) is 0 Å². The maximum atomic E-state index is 13.5. The maximum absolute atomic E-state index is 13.5. The molecule has 0 radical (unpaired) electrons. The summed E-state index contributed by atoms with van der Waals surface area (Å²) in [5.41, 5.74) is 5.04. The van der Waals surface area contributed by atoms with Crippen molar-refractivity contribution in [3.63, 3.8) is 0 Å². The number of rotatable bonds is 3. The third kappa shape index (κ3) is 2.61. The Kier molecular flexibility index (Phi) is 3.83. The molecule has 2 heteroatoms. The number of halogens is 1. The first kappa shape index (κ1) is 13.3. The monoisotopic (exact) mass is 270 g/mol. The highest BCUT2D eigenvalue weighted by atomic mass is 19.1. The van der Waals surface area contributed by atoms with Crippen LogP contribution >= 0.6 is 0 Å². The van der Waals surface area contributed by atoms with Gasteiger partial charge in [0.25, 0.3) is 0 Å². The minimum absolute atomic E-state index is 0.157. The standard InChI is InChI=1S/C18H19FO/c19-17-8-7-13-10-14-4-1-2-6-18(14)15(5-3-9-20)11-16(13)12-17/h1-2,4,6-8,12,15,20H,3,5,9-11H2/t15-/m0/s1. The molecule has 0 heterocycles. The van der Waals surface area contributed by atoms with Gasteiger partial charge in [-0.1, -0.05) is 30.3 Å². The fraction of sp³-hybridized carbons (Fsp3) is 0.333. The lowest BCUT2D eigenvalue weighted by molar-refractivity contribution is 0.279. The van der Waals surface area contributed by atoms with E-state index in [1.807, 2.05) is 6.07 Å². The average Bonchev–Trinajstić information content (AvgIpc) is 2.61. The first-order valence-electron chi connectivity index (χ1n) is 7.24.